The Balaban J connectivity index is 2.19. The molecule has 1 aliphatic carbocycles. The van der Waals surface area contributed by atoms with E-state index in [9.17, 15) is 27.9 Å². The normalized spacial score (nSPS) is 14.5. The van der Waals surface area contributed by atoms with Gasteiger partial charge >= 0.3 is 12.1 Å². The summed E-state index contributed by atoms with van der Waals surface area (Å²) < 4.78 is 68.2. The monoisotopic (exact) mass is 591 g/mol. The van der Waals surface area contributed by atoms with Gasteiger partial charge in [-0.25, -0.2) is 4.39 Å². The molecule has 2 N–H and O–H groups in total. The molecule has 0 saturated heterocycles. The molecule has 0 aliphatic heterocycles. The second kappa shape index (κ2) is 14.5. The fraction of sp³-hybridized carbons (Fsp3) is 0.438. The van der Waals surface area contributed by atoms with Crippen molar-refractivity contribution in [2.24, 2.45) is 0 Å². The molecule has 0 radical (unpaired) electrons. The molecule has 0 heterocycles. The van der Waals surface area contributed by atoms with Gasteiger partial charge in [-0.3, -0.25) is 9.59 Å². The number of aryl methyl sites for hydroxylation is 1. The highest BCUT2D eigenvalue weighted by Gasteiger charge is 2.35. The van der Waals surface area contributed by atoms with Crippen molar-refractivity contribution in [1.82, 2.24) is 5.32 Å². The predicted molar refractivity (Wildman–Crippen MR) is 151 cm³/mol. The molecular formula is C32H37F4NO5. The number of hydrogen-bond acceptors (Lipinski definition) is 5. The van der Waals surface area contributed by atoms with Crippen LogP contribution in [0.5, 0.6) is 5.75 Å². The molecule has 6 nitrogen and oxygen atoms in total. The Bertz CT molecular complexity index is 1300. The maximum atomic E-state index is 16.1. The average Bonchev–Trinajstić information content (AvgIpc) is 3.76. The summed E-state index contributed by atoms with van der Waals surface area (Å²) in [5.41, 5.74) is 0.393. The van der Waals surface area contributed by atoms with Crippen LogP contribution in [0.3, 0.4) is 0 Å². The molecule has 0 aromatic heterocycles. The Kier molecular flexibility index (Phi) is 11.3. The largest absolute Gasteiger partial charge is 0.493 e. The van der Waals surface area contributed by atoms with Crippen molar-refractivity contribution in [2.75, 3.05) is 13.2 Å². The quantitative estimate of drug-likeness (QED) is 0.100. The van der Waals surface area contributed by atoms with E-state index in [0.29, 0.717) is 42.4 Å². The minimum Gasteiger partial charge on any atom is -0.493 e. The molecular weight excluding hydrogens is 554 g/mol. The third-order valence-corrected chi connectivity index (χ3v) is 6.93. The second-order valence-corrected chi connectivity index (χ2v) is 10.3. The van der Waals surface area contributed by atoms with Gasteiger partial charge in [-0.1, -0.05) is 12.2 Å². The van der Waals surface area contributed by atoms with Gasteiger partial charge in [0.2, 0.25) is 5.91 Å². The summed E-state index contributed by atoms with van der Waals surface area (Å²) in [5, 5.41) is 12.7. The van der Waals surface area contributed by atoms with E-state index >= 15 is 4.39 Å². The smallest absolute Gasteiger partial charge is 0.416 e. The van der Waals surface area contributed by atoms with Crippen LogP contribution in [0.1, 0.15) is 79.7 Å². The molecule has 0 spiro atoms. The van der Waals surface area contributed by atoms with Crippen molar-refractivity contribution in [3.05, 3.63) is 77.6 Å². The molecule has 1 amide bonds. The lowest BCUT2D eigenvalue weighted by atomic mass is 9.89. The number of nitrogens with one attached hydrogen (secondary N) is 1. The second-order valence-electron chi connectivity index (χ2n) is 10.3. The molecule has 10 heteroatoms. The standard InChI is InChI=1S/C32H37F4NO5/c1-5-8-9-13-42-27-17-22(32(34,35)36)14-19(4)29(27)21-15-23(20-11-12-20)30(33)24(16-21)25(18-28(39)41-7-3)37-31(40)26(38)10-6-2/h5-6,14-17,20,25-26,38H,1-2,7-13,18H2,3-4H3,(H,37,40)/t25-,26+/m0/s1. The summed E-state index contributed by atoms with van der Waals surface area (Å²) in [6, 6.07) is 3.73. The van der Waals surface area contributed by atoms with Gasteiger partial charge in [0.05, 0.1) is 31.2 Å². The minimum atomic E-state index is -4.61. The summed E-state index contributed by atoms with van der Waals surface area (Å²) in [7, 11) is 0. The lowest BCUT2D eigenvalue weighted by molar-refractivity contribution is -0.144. The SMILES string of the molecule is C=CCCCOc1cc(C(F)(F)F)cc(C)c1-c1cc(C2CC2)c(F)c([C@H](CC(=O)OCC)NC(=O)[C@H](O)CC=C)c1. The number of unbranched alkanes of at least 4 members (excludes halogenated alkanes) is 1. The highest BCUT2D eigenvalue weighted by Crippen LogP contribution is 2.47. The van der Waals surface area contributed by atoms with Crippen molar-refractivity contribution in [1.29, 1.82) is 0 Å². The van der Waals surface area contributed by atoms with E-state index in [1.54, 1.807) is 19.1 Å². The molecule has 0 bridgehead atoms. The Morgan fingerprint density at radius 3 is 2.48 bits per heavy atom. The first-order chi connectivity index (χ1) is 19.9. The van der Waals surface area contributed by atoms with Crippen LogP contribution < -0.4 is 10.1 Å². The number of benzene rings is 2. The van der Waals surface area contributed by atoms with Crippen LogP contribution in [0.2, 0.25) is 0 Å². The first-order valence-corrected chi connectivity index (χ1v) is 13.9. The number of aliphatic hydroxyl groups excluding tert-OH is 1. The zero-order valence-corrected chi connectivity index (χ0v) is 23.9. The van der Waals surface area contributed by atoms with Gasteiger partial charge in [-0.05, 0) is 86.4 Å². The number of hydrogen-bond donors (Lipinski definition) is 2. The zero-order chi connectivity index (χ0) is 31.0. The van der Waals surface area contributed by atoms with E-state index in [1.165, 1.54) is 19.1 Å². The van der Waals surface area contributed by atoms with Gasteiger partial charge in [0.15, 0.2) is 0 Å². The Morgan fingerprint density at radius 1 is 1.17 bits per heavy atom. The van der Waals surface area contributed by atoms with Gasteiger partial charge in [-0.15, -0.1) is 13.2 Å². The first kappa shape index (κ1) is 32.8. The van der Waals surface area contributed by atoms with Crippen LogP contribution in [0, 0.1) is 12.7 Å². The maximum Gasteiger partial charge on any atom is 0.416 e. The van der Waals surface area contributed by atoms with Crippen LogP contribution in [0.4, 0.5) is 17.6 Å². The van der Waals surface area contributed by atoms with E-state index in [4.69, 9.17) is 9.47 Å². The van der Waals surface area contributed by atoms with Gasteiger partial charge in [0.1, 0.15) is 17.7 Å². The molecule has 2 aromatic carbocycles. The Hall–Kier alpha value is -3.66. The van der Waals surface area contributed by atoms with Crippen LogP contribution in [-0.4, -0.2) is 36.3 Å². The third kappa shape index (κ3) is 8.44. The minimum absolute atomic E-state index is 0.0157. The molecule has 228 valence electrons. The molecule has 1 fully saturated rings. The lowest BCUT2D eigenvalue weighted by Crippen LogP contribution is -2.38. The van der Waals surface area contributed by atoms with E-state index in [-0.39, 0.29) is 42.4 Å². The number of halogens is 4. The number of carbonyl (C=O) groups excluding carboxylic acids is 2. The number of aliphatic hydroxyl groups is 1. The summed E-state index contributed by atoms with van der Waals surface area (Å²) >= 11 is 0. The van der Waals surface area contributed by atoms with Crippen LogP contribution in [0.25, 0.3) is 11.1 Å². The maximum absolute atomic E-state index is 16.1. The number of rotatable bonds is 15. The summed E-state index contributed by atoms with van der Waals surface area (Å²) in [6.07, 6.45) is -1.000. The number of carbonyl (C=O) groups is 2. The number of allylic oxidation sites excluding steroid dienone is 1. The fourth-order valence-electron chi connectivity index (χ4n) is 4.73. The van der Waals surface area contributed by atoms with Gasteiger partial charge in [-0.2, -0.15) is 13.2 Å². The first-order valence-electron chi connectivity index (χ1n) is 13.9. The van der Waals surface area contributed by atoms with Gasteiger partial charge in [0.25, 0.3) is 0 Å². The van der Waals surface area contributed by atoms with E-state index in [2.05, 4.69) is 18.5 Å². The van der Waals surface area contributed by atoms with Gasteiger partial charge < -0.3 is 19.9 Å². The topological polar surface area (TPSA) is 84.9 Å². The molecule has 2 aromatic rings. The van der Waals surface area contributed by atoms with Crippen LogP contribution >= 0.6 is 0 Å². The number of esters is 1. The zero-order valence-electron chi connectivity index (χ0n) is 23.9. The molecule has 42 heavy (non-hydrogen) atoms. The molecule has 3 rings (SSSR count). The van der Waals surface area contributed by atoms with Crippen molar-refractivity contribution in [2.45, 2.75) is 76.6 Å². The Labute approximate surface area is 243 Å². The van der Waals surface area contributed by atoms with Gasteiger partial charge in [0, 0.05) is 17.5 Å². The van der Waals surface area contributed by atoms with Crippen molar-refractivity contribution < 1.29 is 41.7 Å². The van der Waals surface area contributed by atoms with E-state index in [0.717, 1.165) is 12.1 Å². The molecule has 1 saturated carbocycles. The van der Waals surface area contributed by atoms with Crippen molar-refractivity contribution in [3.8, 4) is 16.9 Å². The number of ether oxygens (including phenoxy) is 2. The molecule has 0 unspecified atom stereocenters. The van der Waals surface area contributed by atoms with Crippen LogP contribution in [-0.2, 0) is 20.5 Å². The number of alkyl halides is 3. The average molecular weight is 592 g/mol. The van der Waals surface area contributed by atoms with E-state index in [1.807, 2.05) is 0 Å². The van der Waals surface area contributed by atoms with Crippen molar-refractivity contribution in [3.63, 3.8) is 0 Å². The molecule has 2 atom stereocenters. The fourth-order valence-corrected chi connectivity index (χ4v) is 4.73. The summed E-state index contributed by atoms with van der Waals surface area (Å²) in [5.74, 6) is -2.31. The highest BCUT2D eigenvalue weighted by molar-refractivity contribution is 5.82. The predicted octanol–water partition coefficient (Wildman–Crippen LogP) is 7.09. The number of amides is 1. The van der Waals surface area contributed by atoms with Crippen molar-refractivity contribution >= 4 is 11.9 Å². The summed E-state index contributed by atoms with van der Waals surface area (Å²) in [4.78, 5) is 25.3. The Morgan fingerprint density at radius 2 is 1.88 bits per heavy atom. The third-order valence-electron chi connectivity index (χ3n) is 6.93. The van der Waals surface area contributed by atoms with E-state index < -0.39 is 48.0 Å². The van der Waals surface area contributed by atoms with Crippen LogP contribution in [0.15, 0.2) is 49.6 Å². The highest BCUT2D eigenvalue weighted by atomic mass is 19.4. The lowest BCUT2D eigenvalue weighted by Gasteiger charge is -2.24. The summed E-state index contributed by atoms with van der Waals surface area (Å²) in [6.45, 7) is 10.5. The molecule has 1 aliphatic rings.